The van der Waals surface area contributed by atoms with E-state index in [1.165, 1.54) is 25.3 Å². The summed E-state index contributed by atoms with van der Waals surface area (Å²) in [6, 6.07) is 4.07. The summed E-state index contributed by atoms with van der Waals surface area (Å²) >= 11 is 0. The van der Waals surface area contributed by atoms with E-state index in [4.69, 9.17) is 4.74 Å². The third-order valence-corrected chi connectivity index (χ3v) is 2.86. The number of hydrogen-bond acceptors (Lipinski definition) is 7. The maximum atomic E-state index is 11.7. The van der Waals surface area contributed by atoms with Gasteiger partial charge >= 0.3 is 11.9 Å². The van der Waals surface area contributed by atoms with E-state index in [9.17, 15) is 24.6 Å². The van der Waals surface area contributed by atoms with Gasteiger partial charge in [0.1, 0.15) is 0 Å². The smallest absolute Gasteiger partial charge is 0.353 e. The molecule has 1 unspecified atom stereocenters. The van der Waals surface area contributed by atoms with Crippen molar-refractivity contribution in [2.75, 3.05) is 7.11 Å². The zero-order valence-corrected chi connectivity index (χ0v) is 11.9. The van der Waals surface area contributed by atoms with Crippen molar-refractivity contribution in [2.24, 2.45) is 0 Å². The van der Waals surface area contributed by atoms with Gasteiger partial charge in [0.15, 0.2) is 17.3 Å². The molecular weight excluding hydrogens is 280 g/mol. The number of aromatic hydroxyl groups is 1. The van der Waals surface area contributed by atoms with Crippen LogP contribution in [0.1, 0.15) is 19.4 Å². The summed E-state index contributed by atoms with van der Waals surface area (Å²) in [5.41, 5.74) is -2.13. The number of hydrogen-bond donors (Lipinski definition) is 2. The second-order valence-corrected chi connectivity index (χ2v) is 4.48. The average molecular weight is 296 g/mol. The molecule has 0 aliphatic rings. The van der Waals surface area contributed by atoms with Crippen molar-refractivity contribution in [1.82, 2.24) is 0 Å². The maximum Gasteiger partial charge on any atom is 0.353 e. The molecule has 0 radical (unpaired) electrons. The summed E-state index contributed by atoms with van der Waals surface area (Å²) in [7, 11) is 1.33. The van der Waals surface area contributed by atoms with Crippen LogP contribution in [-0.4, -0.2) is 40.6 Å². The Labute approximate surface area is 121 Å². The fraction of sp³-hybridized carbons (Fsp3) is 0.357. The highest BCUT2D eigenvalue weighted by Gasteiger charge is 2.43. The molecule has 1 aromatic rings. The molecule has 1 aromatic carbocycles. The predicted molar refractivity (Wildman–Crippen MR) is 70.8 cm³/mol. The van der Waals surface area contributed by atoms with Gasteiger partial charge in [0.2, 0.25) is 5.60 Å². The zero-order valence-electron chi connectivity index (χ0n) is 11.9. The fourth-order valence-electron chi connectivity index (χ4n) is 1.68. The van der Waals surface area contributed by atoms with E-state index in [1.54, 1.807) is 0 Å². The van der Waals surface area contributed by atoms with Crippen LogP contribution in [0.5, 0.6) is 11.5 Å². The molecular formula is C14H16O7. The number of phenolic OH excluding ortho intramolecular Hbond substituents is 1. The minimum absolute atomic E-state index is 0.123. The van der Waals surface area contributed by atoms with E-state index in [0.717, 1.165) is 13.8 Å². The summed E-state index contributed by atoms with van der Waals surface area (Å²) < 4.78 is 9.20. The van der Waals surface area contributed by atoms with Gasteiger partial charge in [0, 0.05) is 13.3 Å². The van der Waals surface area contributed by atoms with Crippen LogP contribution in [0.3, 0.4) is 0 Å². The zero-order chi connectivity index (χ0) is 16.2. The molecule has 0 aliphatic carbocycles. The summed E-state index contributed by atoms with van der Waals surface area (Å²) in [4.78, 5) is 34.1. The molecule has 0 fully saturated rings. The first-order valence-corrected chi connectivity index (χ1v) is 6.03. The van der Waals surface area contributed by atoms with Gasteiger partial charge < -0.3 is 19.7 Å². The maximum absolute atomic E-state index is 11.7. The largest absolute Gasteiger partial charge is 0.504 e. The number of carbonyl (C=O) groups excluding carboxylic acids is 3. The van der Waals surface area contributed by atoms with E-state index >= 15 is 0 Å². The molecule has 0 amide bonds. The number of ketones is 1. The van der Waals surface area contributed by atoms with E-state index in [1.807, 2.05) is 0 Å². The van der Waals surface area contributed by atoms with Crippen molar-refractivity contribution < 1.29 is 34.1 Å². The van der Waals surface area contributed by atoms with Crippen LogP contribution in [0.15, 0.2) is 18.2 Å². The molecule has 0 saturated heterocycles. The van der Waals surface area contributed by atoms with Gasteiger partial charge in [-0.2, -0.15) is 0 Å². The number of esters is 2. The van der Waals surface area contributed by atoms with Crippen LogP contribution in [-0.2, 0) is 25.5 Å². The lowest BCUT2D eigenvalue weighted by Crippen LogP contribution is -2.49. The van der Waals surface area contributed by atoms with Crippen molar-refractivity contribution in [3.05, 3.63) is 23.8 Å². The Morgan fingerprint density at radius 3 is 2.33 bits per heavy atom. The highest BCUT2D eigenvalue weighted by Crippen LogP contribution is 2.28. The van der Waals surface area contributed by atoms with Crippen LogP contribution in [0.25, 0.3) is 0 Å². The minimum Gasteiger partial charge on any atom is -0.504 e. The Morgan fingerprint density at radius 1 is 1.24 bits per heavy atom. The average Bonchev–Trinajstić information content (AvgIpc) is 2.39. The molecule has 114 valence electrons. The number of rotatable bonds is 5. The highest BCUT2D eigenvalue weighted by atomic mass is 16.6. The Morgan fingerprint density at radius 2 is 1.86 bits per heavy atom. The number of aliphatic hydroxyl groups is 1. The summed E-state index contributed by atoms with van der Waals surface area (Å²) in [5, 5.41) is 19.7. The van der Waals surface area contributed by atoms with Gasteiger partial charge in [-0.25, -0.2) is 4.79 Å². The van der Waals surface area contributed by atoms with Crippen LogP contribution in [0.2, 0.25) is 0 Å². The second kappa shape index (κ2) is 6.36. The van der Waals surface area contributed by atoms with Gasteiger partial charge in [-0.1, -0.05) is 6.07 Å². The molecule has 21 heavy (non-hydrogen) atoms. The van der Waals surface area contributed by atoms with Crippen molar-refractivity contribution in [1.29, 1.82) is 0 Å². The van der Waals surface area contributed by atoms with E-state index in [0.29, 0.717) is 5.56 Å². The first kappa shape index (κ1) is 16.6. The Balaban J connectivity index is 3.11. The normalized spacial score (nSPS) is 13.1. The molecule has 0 aliphatic heterocycles. The van der Waals surface area contributed by atoms with Crippen LogP contribution >= 0.6 is 0 Å². The van der Waals surface area contributed by atoms with Gasteiger partial charge in [0.25, 0.3) is 0 Å². The fourth-order valence-corrected chi connectivity index (χ4v) is 1.68. The Kier molecular flexibility index (Phi) is 5.04. The second-order valence-electron chi connectivity index (χ2n) is 4.48. The molecule has 7 heteroatoms. The third-order valence-electron chi connectivity index (χ3n) is 2.86. The van der Waals surface area contributed by atoms with Gasteiger partial charge in [-0.15, -0.1) is 0 Å². The summed E-state index contributed by atoms with van der Waals surface area (Å²) in [5.74, 6) is -3.13. The van der Waals surface area contributed by atoms with Crippen LogP contribution in [0, 0.1) is 0 Å². The van der Waals surface area contributed by atoms with E-state index in [2.05, 4.69) is 4.74 Å². The SMILES string of the molecule is COc1cc(CC(O)(C(C)=O)C(=O)OC(C)=O)ccc1O. The summed E-state index contributed by atoms with van der Waals surface area (Å²) in [6.45, 7) is 2.00. The van der Waals surface area contributed by atoms with Crippen molar-refractivity contribution in [2.45, 2.75) is 25.9 Å². The minimum atomic E-state index is -2.48. The van der Waals surface area contributed by atoms with E-state index in [-0.39, 0.29) is 11.5 Å². The molecule has 0 aromatic heterocycles. The van der Waals surface area contributed by atoms with Gasteiger partial charge in [-0.3, -0.25) is 9.59 Å². The third kappa shape index (κ3) is 3.79. The van der Waals surface area contributed by atoms with Gasteiger partial charge in [-0.05, 0) is 24.6 Å². The molecule has 1 rings (SSSR count). The molecule has 0 spiro atoms. The number of phenols is 1. The van der Waals surface area contributed by atoms with Crippen molar-refractivity contribution >= 4 is 17.7 Å². The summed E-state index contributed by atoms with van der Waals surface area (Å²) in [6.07, 6.45) is -0.412. The molecule has 2 N–H and O–H groups in total. The number of methoxy groups -OCH3 is 1. The Bertz CT molecular complexity index is 579. The first-order chi connectivity index (χ1) is 9.70. The lowest BCUT2D eigenvalue weighted by Gasteiger charge is -2.22. The van der Waals surface area contributed by atoms with E-state index < -0.39 is 29.7 Å². The monoisotopic (exact) mass is 296 g/mol. The topological polar surface area (TPSA) is 110 Å². The lowest BCUT2D eigenvalue weighted by atomic mass is 9.91. The van der Waals surface area contributed by atoms with Crippen molar-refractivity contribution in [3.63, 3.8) is 0 Å². The number of carbonyl (C=O) groups is 3. The number of benzene rings is 1. The predicted octanol–water partition coefficient (Wildman–Crippen LogP) is 0.353. The first-order valence-electron chi connectivity index (χ1n) is 6.03. The molecule has 7 nitrogen and oxygen atoms in total. The molecule has 0 heterocycles. The number of ether oxygens (including phenoxy) is 2. The molecule has 0 bridgehead atoms. The molecule has 0 saturated carbocycles. The quantitative estimate of drug-likeness (QED) is 0.596. The lowest BCUT2D eigenvalue weighted by molar-refractivity contribution is -0.175. The van der Waals surface area contributed by atoms with Crippen molar-refractivity contribution in [3.8, 4) is 11.5 Å². The molecule has 1 atom stereocenters. The highest BCUT2D eigenvalue weighted by molar-refractivity contribution is 6.08. The standard InChI is InChI=1S/C14H16O7/c1-8(15)14(19,13(18)21-9(2)16)7-10-4-5-11(17)12(6-10)20-3/h4-6,17,19H,7H2,1-3H3. The van der Waals surface area contributed by atoms with Gasteiger partial charge in [0.05, 0.1) is 7.11 Å². The van der Waals surface area contributed by atoms with Crippen LogP contribution in [0.4, 0.5) is 0 Å². The van der Waals surface area contributed by atoms with Crippen LogP contribution < -0.4 is 4.74 Å². The Hall–Kier alpha value is -2.41. The number of Topliss-reactive ketones (excluding diaryl/α,β-unsaturated/α-hetero) is 1.